The van der Waals surface area contributed by atoms with Crippen LogP contribution in [0, 0.1) is 0 Å². The summed E-state index contributed by atoms with van der Waals surface area (Å²) in [6, 6.07) is 9.69. The number of nitrogens with one attached hydrogen (secondary N) is 1. The van der Waals surface area contributed by atoms with Crippen molar-refractivity contribution in [1.82, 2.24) is 4.98 Å². The molecule has 2 nitrogen and oxygen atoms in total. The fourth-order valence-electron chi connectivity index (χ4n) is 1.81. The van der Waals surface area contributed by atoms with E-state index in [9.17, 15) is 4.79 Å². The Bertz CT molecular complexity index is 637. The van der Waals surface area contributed by atoms with E-state index in [0.717, 1.165) is 22.0 Å². The van der Waals surface area contributed by atoms with Crippen LogP contribution >= 0.6 is 11.3 Å². The summed E-state index contributed by atoms with van der Waals surface area (Å²) >= 11 is 1.54. The predicted octanol–water partition coefficient (Wildman–Crippen LogP) is 3.46. The monoisotopic (exact) mass is 227 g/mol. The van der Waals surface area contributed by atoms with Crippen molar-refractivity contribution >= 4 is 28.0 Å². The first-order valence-corrected chi connectivity index (χ1v) is 5.93. The van der Waals surface area contributed by atoms with Crippen LogP contribution in [-0.2, 0) is 0 Å². The van der Waals surface area contributed by atoms with Crippen molar-refractivity contribution < 1.29 is 4.79 Å². The smallest absolute Gasteiger partial charge is 0.196 e. The Morgan fingerprint density at radius 2 is 2.06 bits per heavy atom. The maximum absolute atomic E-state index is 12.2. The summed E-state index contributed by atoms with van der Waals surface area (Å²) in [4.78, 5) is 15.3. The van der Waals surface area contributed by atoms with Gasteiger partial charge in [0, 0.05) is 33.6 Å². The Hall–Kier alpha value is -1.87. The fraction of sp³-hybridized carbons (Fsp3) is 0. The number of benzene rings is 1. The SMILES string of the molecule is O=C(c1ccsc1)c1c[nH]c2ccccc12. The van der Waals surface area contributed by atoms with E-state index >= 15 is 0 Å². The van der Waals surface area contributed by atoms with E-state index in [2.05, 4.69) is 4.98 Å². The van der Waals surface area contributed by atoms with Gasteiger partial charge in [-0.1, -0.05) is 18.2 Å². The summed E-state index contributed by atoms with van der Waals surface area (Å²) < 4.78 is 0. The van der Waals surface area contributed by atoms with Crippen LogP contribution in [0.5, 0.6) is 0 Å². The normalized spacial score (nSPS) is 10.8. The molecule has 3 heteroatoms. The first-order chi connectivity index (χ1) is 7.86. The predicted molar refractivity (Wildman–Crippen MR) is 66.1 cm³/mol. The van der Waals surface area contributed by atoms with E-state index in [1.807, 2.05) is 41.1 Å². The van der Waals surface area contributed by atoms with Crippen LogP contribution in [0.1, 0.15) is 15.9 Å². The number of fused-ring (bicyclic) bond motifs is 1. The van der Waals surface area contributed by atoms with Gasteiger partial charge in [0.05, 0.1) is 0 Å². The maximum Gasteiger partial charge on any atom is 0.196 e. The van der Waals surface area contributed by atoms with Crippen LogP contribution in [0.25, 0.3) is 10.9 Å². The number of thiophene rings is 1. The third kappa shape index (κ3) is 1.37. The van der Waals surface area contributed by atoms with E-state index in [4.69, 9.17) is 0 Å². The summed E-state index contributed by atoms with van der Waals surface area (Å²) in [7, 11) is 0. The van der Waals surface area contributed by atoms with Crippen molar-refractivity contribution in [3.8, 4) is 0 Å². The molecule has 0 amide bonds. The minimum atomic E-state index is 0.0821. The molecular weight excluding hydrogens is 218 g/mol. The average Bonchev–Trinajstić information content (AvgIpc) is 2.98. The average molecular weight is 227 g/mol. The lowest BCUT2D eigenvalue weighted by molar-refractivity contribution is 0.104. The molecule has 0 saturated carbocycles. The van der Waals surface area contributed by atoms with Gasteiger partial charge in [0.25, 0.3) is 0 Å². The molecule has 2 aromatic heterocycles. The molecule has 3 rings (SSSR count). The number of H-pyrrole nitrogens is 1. The highest BCUT2D eigenvalue weighted by Crippen LogP contribution is 2.21. The Morgan fingerprint density at radius 3 is 2.88 bits per heavy atom. The van der Waals surface area contributed by atoms with Gasteiger partial charge in [0.15, 0.2) is 5.78 Å². The van der Waals surface area contributed by atoms with Crippen molar-refractivity contribution in [3.63, 3.8) is 0 Å². The zero-order chi connectivity index (χ0) is 11.0. The lowest BCUT2D eigenvalue weighted by Crippen LogP contribution is -1.97. The molecule has 0 spiro atoms. The van der Waals surface area contributed by atoms with E-state index in [1.165, 1.54) is 11.3 Å². The summed E-state index contributed by atoms with van der Waals surface area (Å²) in [6.45, 7) is 0. The van der Waals surface area contributed by atoms with Crippen molar-refractivity contribution in [2.75, 3.05) is 0 Å². The van der Waals surface area contributed by atoms with E-state index in [-0.39, 0.29) is 5.78 Å². The van der Waals surface area contributed by atoms with E-state index in [0.29, 0.717) is 0 Å². The van der Waals surface area contributed by atoms with Gasteiger partial charge in [0.1, 0.15) is 0 Å². The van der Waals surface area contributed by atoms with E-state index in [1.54, 1.807) is 6.20 Å². The van der Waals surface area contributed by atoms with Crippen molar-refractivity contribution in [2.45, 2.75) is 0 Å². The van der Waals surface area contributed by atoms with Gasteiger partial charge in [-0.3, -0.25) is 4.79 Å². The quantitative estimate of drug-likeness (QED) is 0.668. The van der Waals surface area contributed by atoms with Gasteiger partial charge in [-0.2, -0.15) is 11.3 Å². The number of ketones is 1. The zero-order valence-corrected chi connectivity index (χ0v) is 9.25. The lowest BCUT2D eigenvalue weighted by Gasteiger charge is -1.95. The molecule has 0 atom stereocenters. The summed E-state index contributed by atoms with van der Waals surface area (Å²) in [5.74, 6) is 0.0821. The second-order valence-corrected chi connectivity index (χ2v) is 4.37. The number of para-hydroxylation sites is 1. The van der Waals surface area contributed by atoms with Crippen LogP contribution in [0.3, 0.4) is 0 Å². The highest BCUT2D eigenvalue weighted by atomic mass is 32.1. The number of hydrogen-bond donors (Lipinski definition) is 1. The molecule has 0 fully saturated rings. The largest absolute Gasteiger partial charge is 0.360 e. The molecule has 0 unspecified atom stereocenters. The first kappa shape index (κ1) is 9.36. The Balaban J connectivity index is 2.16. The van der Waals surface area contributed by atoms with Crippen LogP contribution in [-0.4, -0.2) is 10.8 Å². The molecule has 3 aromatic rings. The molecule has 16 heavy (non-hydrogen) atoms. The number of rotatable bonds is 2. The summed E-state index contributed by atoms with van der Waals surface area (Å²) in [5, 5.41) is 4.78. The van der Waals surface area contributed by atoms with Crippen molar-refractivity contribution in [2.24, 2.45) is 0 Å². The van der Waals surface area contributed by atoms with Gasteiger partial charge in [-0.25, -0.2) is 0 Å². The third-order valence-corrected chi connectivity index (χ3v) is 3.30. The minimum Gasteiger partial charge on any atom is -0.360 e. The molecule has 0 aliphatic rings. The van der Waals surface area contributed by atoms with Gasteiger partial charge in [0.2, 0.25) is 0 Å². The van der Waals surface area contributed by atoms with Crippen LogP contribution in [0.2, 0.25) is 0 Å². The Kier molecular flexibility index (Phi) is 2.11. The number of carbonyl (C=O) groups excluding carboxylic acids is 1. The number of aromatic amines is 1. The van der Waals surface area contributed by atoms with Gasteiger partial charge in [-0.05, 0) is 17.5 Å². The van der Waals surface area contributed by atoms with Gasteiger partial charge >= 0.3 is 0 Å². The highest BCUT2D eigenvalue weighted by Gasteiger charge is 2.13. The second-order valence-electron chi connectivity index (χ2n) is 3.59. The second kappa shape index (κ2) is 3.61. The third-order valence-electron chi connectivity index (χ3n) is 2.62. The van der Waals surface area contributed by atoms with Gasteiger partial charge < -0.3 is 4.98 Å². The standard InChI is InChI=1S/C13H9NOS/c15-13(9-5-6-16-8-9)11-7-14-12-4-2-1-3-10(11)12/h1-8,14H. The van der Waals surface area contributed by atoms with Crippen LogP contribution in [0.15, 0.2) is 47.3 Å². The number of hydrogen-bond acceptors (Lipinski definition) is 2. The number of aromatic nitrogens is 1. The highest BCUT2D eigenvalue weighted by molar-refractivity contribution is 7.08. The maximum atomic E-state index is 12.2. The van der Waals surface area contributed by atoms with Crippen molar-refractivity contribution in [1.29, 1.82) is 0 Å². The zero-order valence-electron chi connectivity index (χ0n) is 8.44. The topological polar surface area (TPSA) is 32.9 Å². The van der Waals surface area contributed by atoms with Crippen LogP contribution in [0.4, 0.5) is 0 Å². The fourth-order valence-corrected chi connectivity index (χ4v) is 2.44. The lowest BCUT2D eigenvalue weighted by atomic mass is 10.1. The Morgan fingerprint density at radius 1 is 1.19 bits per heavy atom. The molecule has 1 aromatic carbocycles. The molecule has 0 radical (unpaired) electrons. The minimum absolute atomic E-state index is 0.0821. The summed E-state index contributed by atoms with van der Waals surface area (Å²) in [5.41, 5.74) is 2.50. The first-order valence-electron chi connectivity index (χ1n) is 4.99. The van der Waals surface area contributed by atoms with Crippen LogP contribution < -0.4 is 0 Å². The summed E-state index contributed by atoms with van der Waals surface area (Å²) in [6.07, 6.45) is 1.78. The molecule has 0 aliphatic heterocycles. The molecule has 78 valence electrons. The van der Waals surface area contributed by atoms with E-state index < -0.39 is 0 Å². The Labute approximate surface area is 96.5 Å². The molecule has 1 N–H and O–H groups in total. The molecule has 0 saturated heterocycles. The molecular formula is C13H9NOS. The molecule has 2 heterocycles. The van der Waals surface area contributed by atoms with Crippen molar-refractivity contribution in [3.05, 3.63) is 58.4 Å². The number of carbonyl (C=O) groups is 1. The van der Waals surface area contributed by atoms with Gasteiger partial charge in [-0.15, -0.1) is 0 Å². The molecule has 0 bridgehead atoms. The molecule has 0 aliphatic carbocycles.